The normalized spacial score (nSPS) is 27.7. The molecule has 3 aliphatic heterocycles. The fraction of sp³-hybridized carbons (Fsp3) is 0.323. The highest BCUT2D eigenvalue weighted by atomic mass is 35.5. The van der Waals surface area contributed by atoms with Gasteiger partial charge in [-0.3, -0.25) is 19.3 Å². The van der Waals surface area contributed by atoms with Crippen LogP contribution >= 0.6 is 46.4 Å². The third-order valence-electron chi connectivity index (χ3n) is 8.82. The highest BCUT2D eigenvalue weighted by molar-refractivity contribution is 6.38. The van der Waals surface area contributed by atoms with E-state index in [0.29, 0.717) is 34.3 Å². The highest BCUT2D eigenvalue weighted by Gasteiger charge is 2.74. The predicted molar refractivity (Wildman–Crippen MR) is 166 cm³/mol. The third-order valence-corrected chi connectivity index (χ3v) is 9.77. The molecule has 2 amide bonds. The average Bonchev–Trinajstić information content (AvgIpc) is 3.53. The lowest BCUT2D eigenvalue weighted by Crippen LogP contribution is -2.55. The first-order valence-corrected chi connectivity index (χ1v) is 15.1. The summed E-state index contributed by atoms with van der Waals surface area (Å²) in [7, 11) is 1.54. The van der Waals surface area contributed by atoms with Gasteiger partial charge in [0, 0.05) is 46.0 Å². The summed E-state index contributed by atoms with van der Waals surface area (Å²) >= 11 is 25.4. The van der Waals surface area contributed by atoms with E-state index in [4.69, 9.17) is 51.1 Å². The molecule has 12 heteroatoms. The van der Waals surface area contributed by atoms with Crippen molar-refractivity contribution in [3.05, 3.63) is 91.9 Å². The molecule has 2 N–H and O–H groups in total. The van der Waals surface area contributed by atoms with Gasteiger partial charge in [-0.05, 0) is 49.2 Å². The maximum absolute atomic E-state index is 14.4. The van der Waals surface area contributed by atoms with Gasteiger partial charge in [0.05, 0.1) is 28.8 Å². The number of hydrogen-bond acceptors (Lipinski definition) is 5. The van der Waals surface area contributed by atoms with Crippen LogP contribution in [0.4, 0.5) is 11.4 Å². The second-order valence-corrected chi connectivity index (χ2v) is 13.2. The maximum atomic E-state index is 14.4. The lowest BCUT2D eigenvalue weighted by molar-refractivity contribution is -0.153. The number of nitrogens with zero attached hydrogens (tertiary/aromatic N) is 2. The smallest absolute Gasteiger partial charge is 0.310 e. The Morgan fingerprint density at radius 3 is 2.35 bits per heavy atom. The Morgan fingerprint density at radius 2 is 1.70 bits per heavy atom. The van der Waals surface area contributed by atoms with Crippen molar-refractivity contribution in [2.24, 2.45) is 11.8 Å². The Bertz CT molecular complexity index is 1640. The molecule has 3 aromatic rings. The van der Waals surface area contributed by atoms with E-state index in [0.717, 1.165) is 5.56 Å². The molecule has 3 unspecified atom stereocenters. The van der Waals surface area contributed by atoms with Crippen LogP contribution in [0.5, 0.6) is 0 Å². The number of amides is 2. The Balaban J connectivity index is 1.48. The molecule has 43 heavy (non-hydrogen) atoms. The number of rotatable bonds is 6. The van der Waals surface area contributed by atoms with E-state index in [9.17, 15) is 19.5 Å². The fourth-order valence-corrected chi connectivity index (χ4v) is 8.10. The van der Waals surface area contributed by atoms with Gasteiger partial charge in [0.15, 0.2) is 0 Å². The molecule has 3 aliphatic rings. The molecule has 1 spiro atoms. The molecule has 0 saturated carbocycles. The fourth-order valence-electron chi connectivity index (χ4n) is 7.05. The minimum absolute atomic E-state index is 0.177. The molecule has 6 rings (SSSR count). The summed E-state index contributed by atoms with van der Waals surface area (Å²) < 4.78 is 6.45. The quantitative estimate of drug-likeness (QED) is 0.313. The van der Waals surface area contributed by atoms with Crippen LogP contribution in [0.1, 0.15) is 24.5 Å². The first kappa shape index (κ1) is 30.2. The van der Waals surface area contributed by atoms with Crippen molar-refractivity contribution in [1.82, 2.24) is 4.90 Å². The molecular formula is C31H27Cl4N3O5. The van der Waals surface area contributed by atoms with Crippen LogP contribution in [0.15, 0.2) is 60.7 Å². The Hall–Kier alpha value is -2.85. The standard InChI is InChI=1S/C31H27Cl4N3O5/c1-30(43-14-16-6-4-3-5-7-16)13-23-24(27(39)37(2)20-9-17(32)8-18(33)10-20)25(28(40)41)31(38(23)15-30)21-11-19(34)12-22(35)26(21)36-29(31)42/h3-12,23-25H,13-15H2,1-2H3,(H,36,42)(H,40,41)/t23?,24?,25?,30-,31-/m0/s1. The molecule has 224 valence electrons. The first-order chi connectivity index (χ1) is 20.4. The zero-order chi connectivity index (χ0) is 30.8. The Kier molecular flexibility index (Phi) is 7.68. The van der Waals surface area contributed by atoms with Gasteiger partial charge >= 0.3 is 5.97 Å². The van der Waals surface area contributed by atoms with E-state index in [1.165, 1.54) is 24.1 Å². The number of carboxylic acid groups (broad SMARTS) is 1. The number of carbonyl (C=O) groups excluding carboxylic acids is 2. The number of halogens is 4. The molecule has 0 aromatic heterocycles. The second kappa shape index (κ2) is 10.9. The summed E-state index contributed by atoms with van der Waals surface area (Å²) in [4.78, 5) is 45.0. The van der Waals surface area contributed by atoms with Crippen molar-refractivity contribution in [3.8, 4) is 0 Å². The summed E-state index contributed by atoms with van der Waals surface area (Å²) in [5.74, 6) is -5.01. The number of hydrogen-bond donors (Lipinski definition) is 2. The third kappa shape index (κ3) is 4.89. The van der Waals surface area contributed by atoms with Gasteiger partial charge in [0.2, 0.25) is 5.91 Å². The molecular weight excluding hydrogens is 636 g/mol. The number of anilines is 2. The Labute approximate surface area is 268 Å². The molecule has 8 nitrogen and oxygen atoms in total. The van der Waals surface area contributed by atoms with Crippen LogP contribution in [0.3, 0.4) is 0 Å². The van der Waals surface area contributed by atoms with Crippen LogP contribution < -0.4 is 10.2 Å². The van der Waals surface area contributed by atoms with Crippen molar-refractivity contribution < 1.29 is 24.2 Å². The van der Waals surface area contributed by atoms with Crippen LogP contribution in [0, 0.1) is 11.8 Å². The lowest BCUT2D eigenvalue weighted by atomic mass is 9.73. The topological polar surface area (TPSA) is 99.2 Å². The van der Waals surface area contributed by atoms with Crippen molar-refractivity contribution in [2.45, 2.75) is 37.1 Å². The number of benzene rings is 3. The van der Waals surface area contributed by atoms with Gasteiger partial charge in [0.25, 0.3) is 5.91 Å². The molecule has 2 fully saturated rings. The minimum Gasteiger partial charge on any atom is -0.481 e. The minimum atomic E-state index is -1.78. The van der Waals surface area contributed by atoms with Crippen molar-refractivity contribution in [1.29, 1.82) is 0 Å². The zero-order valence-corrected chi connectivity index (χ0v) is 26.1. The van der Waals surface area contributed by atoms with Gasteiger partial charge in [-0.15, -0.1) is 0 Å². The molecule has 3 heterocycles. The van der Waals surface area contributed by atoms with Gasteiger partial charge in [0.1, 0.15) is 11.5 Å². The highest BCUT2D eigenvalue weighted by Crippen LogP contribution is 2.61. The number of nitrogens with one attached hydrogen (secondary N) is 1. The van der Waals surface area contributed by atoms with E-state index >= 15 is 0 Å². The lowest BCUT2D eigenvalue weighted by Gasteiger charge is -2.37. The molecule has 3 aromatic carbocycles. The Morgan fingerprint density at radius 1 is 1.05 bits per heavy atom. The van der Waals surface area contributed by atoms with Gasteiger partial charge in [-0.25, -0.2) is 0 Å². The van der Waals surface area contributed by atoms with Gasteiger partial charge in [-0.2, -0.15) is 0 Å². The summed E-state index contributed by atoms with van der Waals surface area (Å²) in [6, 6.07) is 16.7. The van der Waals surface area contributed by atoms with Crippen LogP contribution in [-0.2, 0) is 31.3 Å². The number of carbonyl (C=O) groups is 3. The molecule has 5 atom stereocenters. The van der Waals surface area contributed by atoms with Crippen LogP contribution in [-0.4, -0.2) is 53.0 Å². The maximum Gasteiger partial charge on any atom is 0.310 e. The van der Waals surface area contributed by atoms with Crippen LogP contribution in [0.2, 0.25) is 20.1 Å². The number of carboxylic acids is 1. The number of aliphatic carboxylic acids is 1. The van der Waals surface area contributed by atoms with Gasteiger partial charge < -0.3 is 20.1 Å². The number of fused-ring (bicyclic) bond motifs is 4. The summed E-state index contributed by atoms with van der Waals surface area (Å²) in [6.45, 7) is 2.40. The SMILES string of the molecule is CN(C(=O)C1C2C[C@](C)(OCc3ccccc3)CN2[C@]2(C(=O)Nc3c(Cl)cc(Cl)cc32)C1C(=O)O)c1cc(Cl)cc(Cl)c1. The van der Waals surface area contributed by atoms with E-state index in [1.807, 2.05) is 42.2 Å². The first-order valence-electron chi connectivity index (χ1n) is 13.6. The molecule has 0 aliphatic carbocycles. The molecule has 2 saturated heterocycles. The van der Waals surface area contributed by atoms with Gasteiger partial charge in [-0.1, -0.05) is 76.7 Å². The summed E-state index contributed by atoms with van der Waals surface area (Å²) in [5.41, 5.74) is -0.643. The second-order valence-electron chi connectivity index (χ2n) is 11.5. The molecule has 0 radical (unpaired) electrons. The summed E-state index contributed by atoms with van der Waals surface area (Å²) in [6.07, 6.45) is 0.294. The van der Waals surface area contributed by atoms with E-state index in [-0.39, 0.29) is 22.3 Å². The average molecular weight is 663 g/mol. The summed E-state index contributed by atoms with van der Waals surface area (Å²) in [5, 5.41) is 14.7. The molecule has 0 bridgehead atoms. The van der Waals surface area contributed by atoms with Crippen molar-refractivity contribution in [3.63, 3.8) is 0 Å². The largest absolute Gasteiger partial charge is 0.481 e. The number of ether oxygens (including phenoxy) is 1. The predicted octanol–water partition coefficient (Wildman–Crippen LogP) is 6.49. The monoisotopic (exact) mass is 661 g/mol. The van der Waals surface area contributed by atoms with Crippen molar-refractivity contribution in [2.75, 3.05) is 23.8 Å². The van der Waals surface area contributed by atoms with E-state index in [1.54, 1.807) is 18.2 Å². The zero-order valence-electron chi connectivity index (χ0n) is 23.1. The van der Waals surface area contributed by atoms with Crippen LogP contribution in [0.25, 0.3) is 0 Å². The van der Waals surface area contributed by atoms with Crippen molar-refractivity contribution >= 4 is 75.6 Å². The van der Waals surface area contributed by atoms with E-state index in [2.05, 4.69) is 5.32 Å². The van der Waals surface area contributed by atoms with E-state index < -0.39 is 46.8 Å².